The Morgan fingerprint density at radius 1 is 1.19 bits per heavy atom. The number of aromatic amines is 1. The van der Waals surface area contributed by atoms with Crippen LogP contribution >= 0.6 is 0 Å². The Kier molecular flexibility index (Phi) is 3.72. The molecule has 1 heterocycles. The lowest BCUT2D eigenvalue weighted by Crippen LogP contribution is -2.40. The minimum absolute atomic E-state index is 0.0104. The van der Waals surface area contributed by atoms with E-state index in [4.69, 9.17) is 5.73 Å². The van der Waals surface area contributed by atoms with E-state index in [1.807, 2.05) is 6.07 Å². The number of carbonyl (C=O) groups excluding carboxylic acids is 1. The van der Waals surface area contributed by atoms with Gasteiger partial charge < -0.3 is 16.0 Å². The summed E-state index contributed by atoms with van der Waals surface area (Å²) in [7, 11) is 0. The topological polar surface area (TPSA) is 70.9 Å². The standard InChI is InChI=1S/C17H23N3O/c1-10-7-11(2)16-12(8-10)9-15(20-16)17(21)19-14-5-3-13(18)4-6-14/h7-9,13-14,20H,3-6,18H2,1-2H3,(H,19,21)/t13-,14-. The lowest BCUT2D eigenvalue weighted by atomic mass is 9.92. The normalized spacial score (nSPS) is 22.4. The van der Waals surface area contributed by atoms with Crippen LogP contribution in [0.25, 0.3) is 10.9 Å². The van der Waals surface area contributed by atoms with Gasteiger partial charge in [0, 0.05) is 23.0 Å². The Hall–Kier alpha value is -1.81. The van der Waals surface area contributed by atoms with Crippen LogP contribution in [0, 0.1) is 13.8 Å². The van der Waals surface area contributed by atoms with Crippen molar-refractivity contribution < 1.29 is 4.79 Å². The van der Waals surface area contributed by atoms with Crippen LogP contribution < -0.4 is 11.1 Å². The maximum atomic E-state index is 12.4. The van der Waals surface area contributed by atoms with E-state index >= 15 is 0 Å². The van der Waals surface area contributed by atoms with Crippen LogP contribution in [0.15, 0.2) is 18.2 Å². The molecule has 4 nitrogen and oxygen atoms in total. The minimum atomic E-state index is -0.0104. The number of amides is 1. The molecule has 0 unspecified atom stereocenters. The van der Waals surface area contributed by atoms with Gasteiger partial charge in [0.2, 0.25) is 0 Å². The number of rotatable bonds is 2. The highest BCUT2D eigenvalue weighted by molar-refractivity contribution is 5.99. The summed E-state index contributed by atoms with van der Waals surface area (Å²) in [6, 6.07) is 6.74. The molecule has 21 heavy (non-hydrogen) atoms. The van der Waals surface area contributed by atoms with E-state index in [9.17, 15) is 4.79 Å². The molecular formula is C17H23N3O. The Balaban J connectivity index is 1.77. The molecule has 4 N–H and O–H groups in total. The van der Waals surface area contributed by atoms with Crippen molar-refractivity contribution in [3.63, 3.8) is 0 Å². The van der Waals surface area contributed by atoms with Gasteiger partial charge in [-0.25, -0.2) is 0 Å². The van der Waals surface area contributed by atoms with Gasteiger partial charge in [-0.05, 0) is 57.2 Å². The monoisotopic (exact) mass is 285 g/mol. The Bertz CT molecular complexity index is 666. The van der Waals surface area contributed by atoms with Crippen LogP contribution in [0.4, 0.5) is 0 Å². The summed E-state index contributed by atoms with van der Waals surface area (Å²) in [5, 5.41) is 4.23. The smallest absolute Gasteiger partial charge is 0.267 e. The summed E-state index contributed by atoms with van der Waals surface area (Å²) >= 11 is 0. The number of carbonyl (C=O) groups is 1. The largest absolute Gasteiger partial charge is 0.350 e. The predicted molar refractivity (Wildman–Crippen MR) is 85.5 cm³/mol. The van der Waals surface area contributed by atoms with Crippen molar-refractivity contribution >= 4 is 16.8 Å². The molecule has 1 aliphatic rings. The molecule has 1 aromatic heterocycles. The average molecular weight is 285 g/mol. The van der Waals surface area contributed by atoms with Crippen LogP contribution in [0.3, 0.4) is 0 Å². The van der Waals surface area contributed by atoms with Gasteiger partial charge in [0.05, 0.1) is 0 Å². The molecule has 112 valence electrons. The third-order valence-electron chi connectivity index (χ3n) is 4.42. The van der Waals surface area contributed by atoms with E-state index in [0.29, 0.717) is 11.7 Å². The number of fused-ring (bicyclic) bond motifs is 1. The number of H-pyrrole nitrogens is 1. The number of aromatic nitrogens is 1. The molecule has 0 bridgehead atoms. The summed E-state index contributed by atoms with van der Waals surface area (Å²) in [6.45, 7) is 4.14. The van der Waals surface area contributed by atoms with Crippen molar-refractivity contribution in [2.45, 2.75) is 51.6 Å². The Morgan fingerprint density at radius 3 is 2.62 bits per heavy atom. The first kappa shape index (κ1) is 14.1. The third-order valence-corrected chi connectivity index (χ3v) is 4.42. The van der Waals surface area contributed by atoms with E-state index in [2.05, 4.69) is 36.3 Å². The summed E-state index contributed by atoms with van der Waals surface area (Å²) in [5.41, 5.74) is 9.99. The zero-order valence-corrected chi connectivity index (χ0v) is 12.7. The van der Waals surface area contributed by atoms with Crippen LogP contribution in [0.5, 0.6) is 0 Å². The first-order valence-corrected chi connectivity index (χ1v) is 7.69. The fourth-order valence-electron chi connectivity index (χ4n) is 3.26. The van der Waals surface area contributed by atoms with Gasteiger partial charge in [0.1, 0.15) is 5.69 Å². The first-order valence-electron chi connectivity index (χ1n) is 7.69. The predicted octanol–water partition coefficient (Wildman–Crippen LogP) is 2.78. The van der Waals surface area contributed by atoms with Gasteiger partial charge in [-0.3, -0.25) is 4.79 Å². The molecule has 1 saturated carbocycles. The van der Waals surface area contributed by atoms with Crippen LogP contribution in [0.2, 0.25) is 0 Å². The molecule has 0 radical (unpaired) electrons. The van der Waals surface area contributed by atoms with Crippen molar-refractivity contribution in [3.8, 4) is 0 Å². The second-order valence-corrected chi connectivity index (χ2v) is 6.31. The second-order valence-electron chi connectivity index (χ2n) is 6.31. The summed E-state index contributed by atoms with van der Waals surface area (Å²) < 4.78 is 0. The zero-order valence-electron chi connectivity index (χ0n) is 12.7. The van der Waals surface area contributed by atoms with E-state index in [-0.39, 0.29) is 11.9 Å². The number of hydrogen-bond donors (Lipinski definition) is 3. The fraction of sp³-hybridized carbons (Fsp3) is 0.471. The van der Waals surface area contributed by atoms with Crippen molar-refractivity contribution in [1.82, 2.24) is 10.3 Å². The molecular weight excluding hydrogens is 262 g/mol. The lowest BCUT2D eigenvalue weighted by molar-refractivity contribution is 0.0921. The first-order chi connectivity index (χ1) is 10.0. The number of hydrogen-bond acceptors (Lipinski definition) is 2. The molecule has 1 amide bonds. The van der Waals surface area contributed by atoms with Gasteiger partial charge in [-0.15, -0.1) is 0 Å². The number of benzene rings is 1. The molecule has 0 aliphatic heterocycles. The molecule has 1 fully saturated rings. The summed E-state index contributed by atoms with van der Waals surface area (Å²) in [4.78, 5) is 15.6. The number of nitrogens with two attached hydrogens (primary N) is 1. The SMILES string of the molecule is Cc1cc(C)c2[nH]c(C(=O)N[C@H]3CC[C@H](N)CC3)cc2c1. The van der Waals surface area contributed by atoms with Gasteiger partial charge >= 0.3 is 0 Å². The maximum absolute atomic E-state index is 12.4. The van der Waals surface area contributed by atoms with Crippen LogP contribution in [0.1, 0.15) is 47.3 Å². The molecule has 0 atom stereocenters. The van der Waals surface area contributed by atoms with Crippen molar-refractivity contribution in [1.29, 1.82) is 0 Å². The van der Waals surface area contributed by atoms with Gasteiger partial charge in [-0.1, -0.05) is 11.6 Å². The minimum Gasteiger partial charge on any atom is -0.350 e. The van der Waals surface area contributed by atoms with E-state index in [0.717, 1.165) is 36.6 Å². The maximum Gasteiger partial charge on any atom is 0.267 e. The Morgan fingerprint density at radius 2 is 1.90 bits per heavy atom. The third kappa shape index (κ3) is 2.95. The summed E-state index contributed by atoms with van der Waals surface area (Å²) in [5.74, 6) is -0.0104. The number of nitrogens with one attached hydrogen (secondary N) is 2. The van der Waals surface area contributed by atoms with E-state index in [1.54, 1.807) is 0 Å². The highest BCUT2D eigenvalue weighted by atomic mass is 16.1. The van der Waals surface area contributed by atoms with E-state index < -0.39 is 0 Å². The molecule has 2 aromatic rings. The molecule has 4 heteroatoms. The lowest BCUT2D eigenvalue weighted by Gasteiger charge is -2.26. The van der Waals surface area contributed by atoms with Gasteiger partial charge in [0.15, 0.2) is 0 Å². The van der Waals surface area contributed by atoms with Crippen LogP contribution in [-0.4, -0.2) is 23.0 Å². The van der Waals surface area contributed by atoms with Crippen LogP contribution in [-0.2, 0) is 0 Å². The fourth-order valence-corrected chi connectivity index (χ4v) is 3.26. The van der Waals surface area contributed by atoms with Crippen molar-refractivity contribution in [3.05, 3.63) is 35.0 Å². The van der Waals surface area contributed by atoms with Crippen molar-refractivity contribution in [2.24, 2.45) is 5.73 Å². The molecule has 1 aliphatic carbocycles. The highest BCUT2D eigenvalue weighted by Gasteiger charge is 2.21. The summed E-state index contributed by atoms with van der Waals surface area (Å²) in [6.07, 6.45) is 3.95. The average Bonchev–Trinajstić information content (AvgIpc) is 2.85. The molecule has 1 aromatic carbocycles. The molecule has 0 saturated heterocycles. The van der Waals surface area contributed by atoms with Gasteiger partial charge in [0.25, 0.3) is 5.91 Å². The quantitative estimate of drug-likeness (QED) is 0.794. The molecule has 0 spiro atoms. The number of aryl methyl sites for hydroxylation is 2. The zero-order chi connectivity index (χ0) is 15.0. The van der Waals surface area contributed by atoms with Gasteiger partial charge in [-0.2, -0.15) is 0 Å². The molecule has 3 rings (SSSR count). The highest BCUT2D eigenvalue weighted by Crippen LogP contribution is 2.22. The Labute approximate surface area is 125 Å². The van der Waals surface area contributed by atoms with E-state index in [1.165, 1.54) is 11.1 Å². The second kappa shape index (κ2) is 5.53. The van der Waals surface area contributed by atoms with Crippen molar-refractivity contribution in [2.75, 3.05) is 0 Å².